The molecule has 0 aliphatic rings. The molecule has 0 aromatic heterocycles. The number of hydrogen-bond donors (Lipinski definition) is 0. The van der Waals surface area contributed by atoms with Gasteiger partial charge >= 0.3 is 17.9 Å². The van der Waals surface area contributed by atoms with Gasteiger partial charge in [0.25, 0.3) is 0 Å². The SMILES string of the molecule is CC/C=C\C/C=C\C/C=C\C/C=C\C/C=C\C/C=C\CCCCC(=O)OC(COC(=O)CCCCCCC/C=C\CCCC)COC(=O)CCCCCCCCCCCCCCCC/C=C\C/C=C\C/C=C\C/C=C\CC. The summed E-state index contributed by atoms with van der Waals surface area (Å²) < 4.78 is 16.9. The van der Waals surface area contributed by atoms with Gasteiger partial charge in [-0.05, 0) is 128 Å². The van der Waals surface area contributed by atoms with Crippen molar-refractivity contribution in [2.75, 3.05) is 13.2 Å². The van der Waals surface area contributed by atoms with Crippen molar-refractivity contribution in [3.8, 4) is 0 Å². The monoisotopic (exact) mass is 1060 g/mol. The first-order valence-corrected chi connectivity index (χ1v) is 31.7. The molecular weight excluding hydrogens is 949 g/mol. The maximum atomic E-state index is 12.9. The van der Waals surface area contributed by atoms with Crippen LogP contribution >= 0.6 is 0 Å². The lowest BCUT2D eigenvalue weighted by atomic mass is 10.0. The molecule has 6 heteroatoms. The molecule has 0 rings (SSSR count). The first-order valence-electron chi connectivity index (χ1n) is 31.7. The lowest BCUT2D eigenvalue weighted by Crippen LogP contribution is -2.30. The van der Waals surface area contributed by atoms with Crippen LogP contribution in [0.25, 0.3) is 0 Å². The van der Waals surface area contributed by atoms with E-state index in [1.807, 2.05) is 0 Å². The Hall–Kier alpha value is -4.45. The van der Waals surface area contributed by atoms with Crippen molar-refractivity contribution in [1.82, 2.24) is 0 Å². The molecule has 0 bridgehead atoms. The third-order valence-electron chi connectivity index (χ3n) is 13.1. The van der Waals surface area contributed by atoms with Crippen LogP contribution in [0.1, 0.15) is 278 Å². The predicted octanol–water partition coefficient (Wildman–Crippen LogP) is 21.8. The highest BCUT2D eigenvalue weighted by Gasteiger charge is 2.19. The quantitative estimate of drug-likeness (QED) is 0.0261. The average Bonchev–Trinajstić information content (AvgIpc) is 3.43. The third-order valence-corrected chi connectivity index (χ3v) is 13.1. The van der Waals surface area contributed by atoms with E-state index in [0.29, 0.717) is 19.3 Å². The molecule has 0 saturated heterocycles. The van der Waals surface area contributed by atoms with E-state index >= 15 is 0 Å². The lowest BCUT2D eigenvalue weighted by molar-refractivity contribution is -0.167. The maximum Gasteiger partial charge on any atom is 0.306 e. The first kappa shape index (κ1) is 72.5. The van der Waals surface area contributed by atoms with Gasteiger partial charge in [-0.25, -0.2) is 0 Å². The number of unbranched alkanes of at least 4 members (excludes halogenated alkanes) is 23. The standard InChI is InChI=1S/C71H116O6/c1-4-7-10-13-16-19-22-24-26-28-30-32-33-34-35-36-37-39-40-42-44-46-49-52-55-58-61-64-70(73)76-67-68(66-75-69(72)63-60-57-54-51-48-21-18-15-12-9-6-3)77-71(74)65-62-59-56-53-50-47-45-43-41-38-31-29-27-25-23-20-17-14-11-8-5-2/h7-8,10-11,15-20,24-27,30-32,38,43,45,50,53,68H,4-6,9,12-14,21-23,28-29,33-37,39-42,44,46-49,51-52,54-67H2,1-3H3/b10-7-,11-8-,18-15-,19-16-,20-17-,26-24-,27-25-,32-30-,38-31-,45-43-,53-50-. The Morgan fingerprint density at radius 3 is 0.831 bits per heavy atom. The molecule has 0 amide bonds. The van der Waals surface area contributed by atoms with Crippen LogP contribution in [0.2, 0.25) is 0 Å². The molecule has 0 radical (unpaired) electrons. The molecule has 0 N–H and O–H groups in total. The van der Waals surface area contributed by atoms with Crippen molar-refractivity contribution in [1.29, 1.82) is 0 Å². The molecule has 0 fully saturated rings. The minimum Gasteiger partial charge on any atom is -0.462 e. The fourth-order valence-corrected chi connectivity index (χ4v) is 8.42. The molecule has 0 aliphatic heterocycles. The van der Waals surface area contributed by atoms with Crippen LogP contribution < -0.4 is 0 Å². The van der Waals surface area contributed by atoms with Crippen molar-refractivity contribution in [3.05, 3.63) is 134 Å². The van der Waals surface area contributed by atoms with Crippen LogP contribution in [0.15, 0.2) is 134 Å². The summed E-state index contributed by atoms with van der Waals surface area (Å²) in [5.41, 5.74) is 0. The molecule has 0 spiro atoms. The summed E-state index contributed by atoms with van der Waals surface area (Å²) >= 11 is 0. The van der Waals surface area contributed by atoms with Crippen LogP contribution in [0, 0.1) is 0 Å². The van der Waals surface area contributed by atoms with E-state index in [0.717, 1.165) is 128 Å². The van der Waals surface area contributed by atoms with Gasteiger partial charge in [0.2, 0.25) is 0 Å². The van der Waals surface area contributed by atoms with Gasteiger partial charge in [-0.15, -0.1) is 0 Å². The van der Waals surface area contributed by atoms with E-state index in [1.54, 1.807) is 0 Å². The highest BCUT2D eigenvalue weighted by Crippen LogP contribution is 2.15. The molecule has 0 aromatic carbocycles. The van der Waals surface area contributed by atoms with E-state index in [9.17, 15) is 14.4 Å². The fourth-order valence-electron chi connectivity index (χ4n) is 8.42. The summed E-state index contributed by atoms with van der Waals surface area (Å²) in [6, 6.07) is 0. The minimum atomic E-state index is -0.809. The second-order valence-corrected chi connectivity index (χ2v) is 20.5. The van der Waals surface area contributed by atoms with Gasteiger partial charge < -0.3 is 14.2 Å². The molecule has 436 valence electrons. The van der Waals surface area contributed by atoms with Gasteiger partial charge in [0.05, 0.1) is 0 Å². The summed E-state index contributed by atoms with van der Waals surface area (Å²) in [7, 11) is 0. The Kier molecular flexibility index (Phi) is 60.4. The Morgan fingerprint density at radius 2 is 0.506 bits per heavy atom. The second kappa shape index (κ2) is 64.1. The van der Waals surface area contributed by atoms with E-state index < -0.39 is 6.10 Å². The molecule has 0 aliphatic carbocycles. The number of rotatable bonds is 56. The summed E-state index contributed by atoms with van der Waals surface area (Å²) in [4.78, 5) is 38.2. The van der Waals surface area contributed by atoms with Gasteiger partial charge in [0.15, 0.2) is 6.10 Å². The zero-order valence-electron chi connectivity index (χ0n) is 49.9. The van der Waals surface area contributed by atoms with Gasteiger partial charge in [-0.2, -0.15) is 0 Å². The van der Waals surface area contributed by atoms with Gasteiger partial charge in [-0.1, -0.05) is 264 Å². The van der Waals surface area contributed by atoms with Crippen molar-refractivity contribution in [2.24, 2.45) is 0 Å². The molecule has 0 heterocycles. The molecule has 1 atom stereocenters. The Bertz CT molecular complexity index is 1650. The zero-order valence-corrected chi connectivity index (χ0v) is 49.9. The summed E-state index contributed by atoms with van der Waals surface area (Å²) in [6.45, 7) is 6.34. The molecule has 1 unspecified atom stereocenters. The van der Waals surface area contributed by atoms with Gasteiger partial charge in [0.1, 0.15) is 13.2 Å². The lowest BCUT2D eigenvalue weighted by Gasteiger charge is -2.18. The van der Waals surface area contributed by atoms with Crippen LogP contribution in [-0.2, 0) is 28.6 Å². The first-order chi connectivity index (χ1) is 38.0. The number of carbonyl (C=O) groups is 3. The number of ether oxygens (including phenoxy) is 3. The summed E-state index contributed by atoms with van der Waals surface area (Å²) in [5, 5.41) is 0. The highest BCUT2D eigenvalue weighted by atomic mass is 16.6. The molecule has 6 nitrogen and oxygen atoms in total. The van der Waals surface area contributed by atoms with E-state index in [2.05, 4.69) is 154 Å². The number of carbonyl (C=O) groups excluding carboxylic acids is 3. The van der Waals surface area contributed by atoms with E-state index in [4.69, 9.17) is 14.2 Å². The summed E-state index contributed by atoms with van der Waals surface area (Å²) in [5.74, 6) is -0.955. The maximum absolute atomic E-state index is 12.9. The number of allylic oxidation sites excluding steroid dienone is 22. The van der Waals surface area contributed by atoms with Crippen molar-refractivity contribution in [3.63, 3.8) is 0 Å². The largest absolute Gasteiger partial charge is 0.462 e. The zero-order chi connectivity index (χ0) is 55.7. The average molecular weight is 1070 g/mol. The minimum absolute atomic E-state index is 0.101. The van der Waals surface area contributed by atoms with E-state index in [1.165, 1.54) is 103 Å². The van der Waals surface area contributed by atoms with Crippen molar-refractivity contribution in [2.45, 2.75) is 284 Å². The van der Waals surface area contributed by atoms with Gasteiger partial charge in [-0.3, -0.25) is 14.4 Å². The van der Waals surface area contributed by atoms with Gasteiger partial charge in [0, 0.05) is 19.3 Å². The number of esters is 3. The Balaban J connectivity index is 4.34. The van der Waals surface area contributed by atoms with Crippen LogP contribution in [0.4, 0.5) is 0 Å². The topological polar surface area (TPSA) is 78.9 Å². The van der Waals surface area contributed by atoms with Crippen LogP contribution in [0.5, 0.6) is 0 Å². The van der Waals surface area contributed by atoms with Crippen molar-refractivity contribution >= 4 is 17.9 Å². The second-order valence-electron chi connectivity index (χ2n) is 20.5. The molecule has 77 heavy (non-hydrogen) atoms. The highest BCUT2D eigenvalue weighted by molar-refractivity contribution is 5.71. The van der Waals surface area contributed by atoms with Crippen molar-refractivity contribution < 1.29 is 28.6 Å². The third kappa shape index (κ3) is 62.3. The normalized spacial score (nSPS) is 13.0. The van der Waals surface area contributed by atoms with E-state index in [-0.39, 0.29) is 37.5 Å². The molecule has 0 saturated carbocycles. The Morgan fingerprint density at radius 1 is 0.273 bits per heavy atom. The molecular formula is C71H116O6. The van der Waals surface area contributed by atoms with Crippen LogP contribution in [0.3, 0.4) is 0 Å². The molecule has 0 aromatic rings. The number of hydrogen-bond acceptors (Lipinski definition) is 6. The Labute approximate surface area is 475 Å². The smallest absolute Gasteiger partial charge is 0.306 e. The van der Waals surface area contributed by atoms with Crippen LogP contribution in [-0.4, -0.2) is 37.2 Å². The fraction of sp³-hybridized carbons (Fsp3) is 0.648. The predicted molar refractivity (Wildman–Crippen MR) is 334 cm³/mol. The summed E-state index contributed by atoms with van der Waals surface area (Å²) in [6.07, 6.45) is 90.4.